The zero-order valence-corrected chi connectivity index (χ0v) is 8.19. The molecular formula is C11H13NO2. The Morgan fingerprint density at radius 1 is 1.36 bits per heavy atom. The largest absolute Gasteiger partial charge is 0.465 e. The van der Waals surface area contributed by atoms with Crippen molar-refractivity contribution in [2.45, 2.75) is 6.42 Å². The van der Waals surface area contributed by atoms with Crippen molar-refractivity contribution in [2.24, 2.45) is 0 Å². The molecule has 74 valence electrons. The third kappa shape index (κ3) is 1.45. The first-order valence-electron chi connectivity index (χ1n) is 4.75. The van der Waals surface area contributed by atoms with Crippen molar-refractivity contribution in [3.05, 3.63) is 29.8 Å². The molecule has 2 rings (SSSR count). The quantitative estimate of drug-likeness (QED) is 0.666. The molecule has 1 saturated heterocycles. The second kappa shape index (κ2) is 3.70. The standard InChI is InChI=1S/C11H13NO2/c1-14-11(13)9-5-2-3-6-10(9)12-7-4-8-12/h2-3,5-6H,4,7-8H2,1H3. The van der Waals surface area contributed by atoms with E-state index in [1.807, 2.05) is 18.2 Å². The zero-order chi connectivity index (χ0) is 9.97. The second-order valence-corrected chi connectivity index (χ2v) is 3.35. The average Bonchev–Trinajstić information content (AvgIpc) is 2.15. The van der Waals surface area contributed by atoms with Crippen molar-refractivity contribution in [2.75, 3.05) is 25.1 Å². The molecule has 1 aromatic rings. The van der Waals surface area contributed by atoms with Gasteiger partial charge in [-0.2, -0.15) is 0 Å². The highest BCUT2D eigenvalue weighted by molar-refractivity contribution is 5.95. The molecule has 0 radical (unpaired) electrons. The van der Waals surface area contributed by atoms with Crippen molar-refractivity contribution < 1.29 is 9.53 Å². The van der Waals surface area contributed by atoms with Crippen molar-refractivity contribution in [3.63, 3.8) is 0 Å². The minimum Gasteiger partial charge on any atom is -0.465 e. The third-order valence-corrected chi connectivity index (χ3v) is 2.51. The summed E-state index contributed by atoms with van der Waals surface area (Å²) in [6.07, 6.45) is 1.20. The van der Waals surface area contributed by atoms with Crippen molar-refractivity contribution >= 4 is 11.7 Å². The van der Waals surface area contributed by atoms with Crippen LogP contribution in [0.5, 0.6) is 0 Å². The van der Waals surface area contributed by atoms with Crippen LogP contribution >= 0.6 is 0 Å². The summed E-state index contributed by atoms with van der Waals surface area (Å²) in [4.78, 5) is 13.6. The average molecular weight is 191 g/mol. The number of nitrogens with zero attached hydrogens (tertiary/aromatic N) is 1. The number of benzene rings is 1. The Morgan fingerprint density at radius 3 is 2.64 bits per heavy atom. The topological polar surface area (TPSA) is 29.5 Å². The predicted molar refractivity (Wildman–Crippen MR) is 54.6 cm³/mol. The Hall–Kier alpha value is -1.51. The van der Waals surface area contributed by atoms with Gasteiger partial charge in [0.2, 0.25) is 0 Å². The Balaban J connectivity index is 2.32. The van der Waals surface area contributed by atoms with Gasteiger partial charge in [-0.25, -0.2) is 4.79 Å². The number of methoxy groups -OCH3 is 1. The van der Waals surface area contributed by atoms with Gasteiger partial charge in [-0.3, -0.25) is 0 Å². The lowest BCUT2D eigenvalue weighted by atomic mass is 10.1. The fourth-order valence-corrected chi connectivity index (χ4v) is 1.59. The van der Waals surface area contributed by atoms with Gasteiger partial charge in [0.15, 0.2) is 0 Å². The van der Waals surface area contributed by atoms with E-state index in [1.54, 1.807) is 6.07 Å². The van der Waals surface area contributed by atoms with Gasteiger partial charge >= 0.3 is 5.97 Å². The molecule has 3 heteroatoms. The smallest absolute Gasteiger partial charge is 0.339 e. The molecule has 0 aromatic heterocycles. The molecule has 1 heterocycles. The summed E-state index contributed by atoms with van der Waals surface area (Å²) in [6, 6.07) is 7.57. The van der Waals surface area contributed by atoms with Gasteiger partial charge < -0.3 is 9.64 Å². The van der Waals surface area contributed by atoms with Crippen LogP contribution in [0, 0.1) is 0 Å². The second-order valence-electron chi connectivity index (χ2n) is 3.35. The van der Waals surface area contributed by atoms with Crippen LogP contribution in [0.2, 0.25) is 0 Å². The molecule has 0 aliphatic carbocycles. The van der Waals surface area contributed by atoms with Crippen LogP contribution in [0.1, 0.15) is 16.8 Å². The lowest BCUT2D eigenvalue weighted by Crippen LogP contribution is -2.38. The number of carbonyl (C=O) groups is 1. The molecule has 1 aromatic carbocycles. The minimum absolute atomic E-state index is 0.257. The van der Waals surface area contributed by atoms with Crippen LogP contribution in [-0.4, -0.2) is 26.2 Å². The molecule has 1 fully saturated rings. The number of esters is 1. The summed E-state index contributed by atoms with van der Waals surface area (Å²) in [5.74, 6) is -0.257. The maximum absolute atomic E-state index is 11.4. The monoisotopic (exact) mass is 191 g/mol. The fourth-order valence-electron chi connectivity index (χ4n) is 1.59. The summed E-state index contributed by atoms with van der Waals surface area (Å²) in [6.45, 7) is 2.07. The summed E-state index contributed by atoms with van der Waals surface area (Å²) in [5.41, 5.74) is 1.65. The Labute approximate surface area is 83.3 Å². The van der Waals surface area contributed by atoms with Crippen LogP contribution in [0.15, 0.2) is 24.3 Å². The molecule has 0 atom stereocenters. The molecule has 14 heavy (non-hydrogen) atoms. The number of para-hydroxylation sites is 1. The first-order chi connectivity index (χ1) is 6.83. The van der Waals surface area contributed by atoms with E-state index in [0.29, 0.717) is 5.56 Å². The number of hydrogen-bond donors (Lipinski definition) is 0. The maximum atomic E-state index is 11.4. The Kier molecular flexibility index (Phi) is 2.39. The number of anilines is 1. The van der Waals surface area contributed by atoms with Crippen LogP contribution < -0.4 is 4.90 Å². The van der Waals surface area contributed by atoms with E-state index < -0.39 is 0 Å². The molecule has 0 N–H and O–H groups in total. The summed E-state index contributed by atoms with van der Waals surface area (Å²) in [5, 5.41) is 0. The molecule has 3 nitrogen and oxygen atoms in total. The van der Waals surface area contributed by atoms with E-state index in [4.69, 9.17) is 4.74 Å². The van der Waals surface area contributed by atoms with E-state index in [0.717, 1.165) is 18.8 Å². The van der Waals surface area contributed by atoms with Crippen LogP contribution in [0.25, 0.3) is 0 Å². The van der Waals surface area contributed by atoms with Crippen LogP contribution in [0.4, 0.5) is 5.69 Å². The number of ether oxygens (including phenoxy) is 1. The zero-order valence-electron chi connectivity index (χ0n) is 8.19. The summed E-state index contributed by atoms with van der Waals surface area (Å²) < 4.78 is 4.73. The molecule has 0 bridgehead atoms. The van der Waals surface area contributed by atoms with Crippen LogP contribution in [0.3, 0.4) is 0 Å². The van der Waals surface area contributed by atoms with E-state index in [-0.39, 0.29) is 5.97 Å². The van der Waals surface area contributed by atoms with Crippen molar-refractivity contribution in [3.8, 4) is 0 Å². The van der Waals surface area contributed by atoms with Crippen molar-refractivity contribution in [1.82, 2.24) is 0 Å². The van der Waals surface area contributed by atoms with Crippen LogP contribution in [-0.2, 0) is 4.74 Å². The van der Waals surface area contributed by atoms with Gasteiger partial charge in [0.05, 0.1) is 18.4 Å². The SMILES string of the molecule is COC(=O)c1ccccc1N1CCC1. The Bertz CT molecular complexity index is 345. The molecule has 1 aliphatic rings. The molecular weight excluding hydrogens is 178 g/mol. The van der Waals surface area contributed by atoms with E-state index in [2.05, 4.69) is 4.90 Å². The number of rotatable bonds is 2. The highest BCUT2D eigenvalue weighted by atomic mass is 16.5. The first-order valence-corrected chi connectivity index (χ1v) is 4.75. The summed E-state index contributed by atoms with van der Waals surface area (Å²) in [7, 11) is 1.41. The van der Waals surface area contributed by atoms with E-state index in [9.17, 15) is 4.79 Å². The number of hydrogen-bond acceptors (Lipinski definition) is 3. The minimum atomic E-state index is -0.257. The first kappa shape index (κ1) is 9.06. The Morgan fingerprint density at radius 2 is 2.07 bits per heavy atom. The third-order valence-electron chi connectivity index (χ3n) is 2.51. The fraction of sp³-hybridized carbons (Fsp3) is 0.364. The highest BCUT2D eigenvalue weighted by Gasteiger charge is 2.20. The molecule has 0 unspecified atom stereocenters. The normalized spacial score (nSPS) is 14.8. The van der Waals surface area contributed by atoms with Gasteiger partial charge in [0.25, 0.3) is 0 Å². The van der Waals surface area contributed by atoms with E-state index >= 15 is 0 Å². The van der Waals surface area contributed by atoms with Crippen molar-refractivity contribution in [1.29, 1.82) is 0 Å². The van der Waals surface area contributed by atoms with Gasteiger partial charge in [0, 0.05) is 13.1 Å². The molecule has 0 amide bonds. The number of carbonyl (C=O) groups excluding carboxylic acids is 1. The van der Waals surface area contributed by atoms with E-state index in [1.165, 1.54) is 13.5 Å². The van der Waals surface area contributed by atoms with Gasteiger partial charge in [0.1, 0.15) is 0 Å². The molecule has 1 aliphatic heterocycles. The predicted octanol–water partition coefficient (Wildman–Crippen LogP) is 1.68. The molecule has 0 spiro atoms. The lowest BCUT2D eigenvalue weighted by Gasteiger charge is -2.34. The van der Waals surface area contributed by atoms with Gasteiger partial charge in [-0.15, -0.1) is 0 Å². The highest BCUT2D eigenvalue weighted by Crippen LogP contribution is 2.25. The van der Waals surface area contributed by atoms with Gasteiger partial charge in [-0.05, 0) is 18.6 Å². The summed E-state index contributed by atoms with van der Waals surface area (Å²) >= 11 is 0. The van der Waals surface area contributed by atoms with Gasteiger partial charge in [-0.1, -0.05) is 12.1 Å². The maximum Gasteiger partial charge on any atom is 0.339 e. The molecule has 0 saturated carbocycles. The lowest BCUT2D eigenvalue weighted by molar-refractivity contribution is 0.0601.